The van der Waals surface area contributed by atoms with Gasteiger partial charge < -0.3 is 0 Å². The zero-order chi connectivity index (χ0) is 13.1. The van der Waals surface area contributed by atoms with E-state index in [1.165, 1.54) is 4.88 Å². The van der Waals surface area contributed by atoms with Crippen molar-refractivity contribution in [2.45, 2.75) is 39.7 Å². The van der Waals surface area contributed by atoms with Gasteiger partial charge in [-0.3, -0.25) is 9.36 Å². The standard InChI is InChI=1S/C13H17ClN2OS/c1-3-7-16-11(5-6-14)15-12-10(13(16)17)8-9(4-2)18-12/h8H,3-7H2,1-2H3. The number of rotatable bonds is 5. The maximum absolute atomic E-state index is 12.4. The van der Waals surface area contributed by atoms with Gasteiger partial charge in [0.05, 0.1) is 5.39 Å². The van der Waals surface area contributed by atoms with Gasteiger partial charge in [-0.1, -0.05) is 13.8 Å². The normalized spacial score (nSPS) is 11.3. The minimum atomic E-state index is 0.0814. The molecule has 2 heterocycles. The Kier molecular flexibility index (Phi) is 4.40. The van der Waals surface area contributed by atoms with E-state index in [-0.39, 0.29) is 5.56 Å². The molecule has 2 aromatic heterocycles. The smallest absolute Gasteiger partial charge is 0.262 e. The second-order valence-corrected chi connectivity index (χ2v) is 5.70. The Bertz CT molecular complexity index is 603. The summed E-state index contributed by atoms with van der Waals surface area (Å²) in [4.78, 5) is 19.1. The second-order valence-electron chi connectivity index (χ2n) is 4.21. The molecule has 0 saturated carbocycles. The van der Waals surface area contributed by atoms with Crippen molar-refractivity contribution in [3.8, 4) is 0 Å². The van der Waals surface area contributed by atoms with Gasteiger partial charge >= 0.3 is 0 Å². The fraction of sp³-hybridized carbons (Fsp3) is 0.538. The van der Waals surface area contributed by atoms with Gasteiger partial charge in [-0.2, -0.15) is 0 Å². The van der Waals surface area contributed by atoms with E-state index >= 15 is 0 Å². The van der Waals surface area contributed by atoms with Crippen LogP contribution in [0, 0.1) is 0 Å². The predicted octanol–water partition coefficient (Wildman–Crippen LogP) is 3.21. The molecule has 98 valence electrons. The van der Waals surface area contributed by atoms with E-state index in [4.69, 9.17) is 11.6 Å². The van der Waals surface area contributed by atoms with Crippen molar-refractivity contribution < 1.29 is 0 Å². The topological polar surface area (TPSA) is 34.9 Å². The van der Waals surface area contributed by atoms with Crippen LogP contribution in [-0.4, -0.2) is 15.4 Å². The Balaban J connectivity index is 2.66. The molecule has 0 N–H and O–H groups in total. The Morgan fingerprint density at radius 3 is 2.83 bits per heavy atom. The number of hydrogen-bond acceptors (Lipinski definition) is 3. The summed E-state index contributed by atoms with van der Waals surface area (Å²) < 4.78 is 1.77. The van der Waals surface area contributed by atoms with Crippen molar-refractivity contribution in [2.75, 3.05) is 5.88 Å². The van der Waals surface area contributed by atoms with Crippen LogP contribution in [0.5, 0.6) is 0 Å². The summed E-state index contributed by atoms with van der Waals surface area (Å²) in [5.41, 5.74) is 0.0814. The van der Waals surface area contributed by atoms with Gasteiger partial charge in [0.25, 0.3) is 5.56 Å². The quantitative estimate of drug-likeness (QED) is 0.790. The number of halogens is 1. The van der Waals surface area contributed by atoms with Crippen molar-refractivity contribution in [2.24, 2.45) is 0 Å². The Hall–Kier alpha value is -0.870. The molecule has 2 rings (SSSR count). The lowest BCUT2D eigenvalue weighted by atomic mass is 10.3. The van der Waals surface area contributed by atoms with E-state index in [0.717, 1.165) is 28.9 Å². The van der Waals surface area contributed by atoms with Crippen LogP contribution in [0.3, 0.4) is 0 Å². The molecule has 3 nitrogen and oxygen atoms in total. The number of alkyl halides is 1. The number of aryl methyl sites for hydroxylation is 2. The largest absolute Gasteiger partial charge is 0.296 e. The van der Waals surface area contributed by atoms with Gasteiger partial charge in [0.15, 0.2) is 0 Å². The summed E-state index contributed by atoms with van der Waals surface area (Å²) >= 11 is 7.40. The van der Waals surface area contributed by atoms with Crippen LogP contribution in [0.2, 0.25) is 0 Å². The highest BCUT2D eigenvalue weighted by Crippen LogP contribution is 2.22. The number of fused-ring (bicyclic) bond motifs is 1. The SMILES string of the molecule is CCCn1c(CCCl)nc2sc(CC)cc2c1=O. The Morgan fingerprint density at radius 1 is 1.44 bits per heavy atom. The fourth-order valence-electron chi connectivity index (χ4n) is 2.01. The summed E-state index contributed by atoms with van der Waals surface area (Å²) in [6.45, 7) is 4.87. The van der Waals surface area contributed by atoms with E-state index < -0.39 is 0 Å². The third-order valence-electron chi connectivity index (χ3n) is 2.90. The molecule has 0 radical (unpaired) electrons. The van der Waals surface area contributed by atoms with Crippen molar-refractivity contribution in [3.05, 3.63) is 27.1 Å². The van der Waals surface area contributed by atoms with Gasteiger partial charge in [0.1, 0.15) is 10.7 Å². The predicted molar refractivity (Wildman–Crippen MR) is 78.0 cm³/mol. The van der Waals surface area contributed by atoms with Crippen LogP contribution < -0.4 is 5.56 Å². The number of thiophene rings is 1. The molecule has 0 atom stereocenters. The lowest BCUT2D eigenvalue weighted by molar-refractivity contribution is 0.611. The second kappa shape index (κ2) is 5.85. The highest BCUT2D eigenvalue weighted by atomic mass is 35.5. The summed E-state index contributed by atoms with van der Waals surface area (Å²) in [5.74, 6) is 1.31. The molecular weight excluding hydrogens is 268 g/mol. The van der Waals surface area contributed by atoms with Gasteiger partial charge in [0, 0.05) is 23.7 Å². The maximum Gasteiger partial charge on any atom is 0.262 e. The molecule has 0 bridgehead atoms. The first-order valence-corrected chi connectivity index (χ1v) is 7.64. The van der Waals surface area contributed by atoms with Crippen molar-refractivity contribution in [1.29, 1.82) is 0 Å². The van der Waals surface area contributed by atoms with Gasteiger partial charge in [-0.25, -0.2) is 4.98 Å². The molecule has 5 heteroatoms. The monoisotopic (exact) mass is 284 g/mol. The molecule has 0 saturated heterocycles. The van der Waals surface area contributed by atoms with Crippen molar-refractivity contribution in [1.82, 2.24) is 9.55 Å². The summed E-state index contributed by atoms with van der Waals surface area (Å²) in [7, 11) is 0. The average Bonchev–Trinajstić information content (AvgIpc) is 2.78. The third-order valence-corrected chi connectivity index (χ3v) is 4.26. The molecule has 0 amide bonds. The van der Waals surface area contributed by atoms with E-state index in [1.807, 2.05) is 6.07 Å². The minimum absolute atomic E-state index is 0.0814. The van der Waals surface area contributed by atoms with Crippen LogP contribution in [0.15, 0.2) is 10.9 Å². The van der Waals surface area contributed by atoms with Crippen molar-refractivity contribution in [3.63, 3.8) is 0 Å². The lowest BCUT2D eigenvalue weighted by Crippen LogP contribution is -2.25. The van der Waals surface area contributed by atoms with Gasteiger partial charge in [0.2, 0.25) is 0 Å². The first kappa shape index (κ1) is 13.6. The molecule has 0 aromatic carbocycles. The van der Waals surface area contributed by atoms with Gasteiger partial charge in [-0.15, -0.1) is 22.9 Å². The molecule has 0 aliphatic rings. The zero-order valence-corrected chi connectivity index (χ0v) is 12.3. The minimum Gasteiger partial charge on any atom is -0.296 e. The fourth-order valence-corrected chi connectivity index (χ4v) is 3.16. The average molecular weight is 285 g/mol. The third kappa shape index (κ3) is 2.45. The van der Waals surface area contributed by atoms with Crippen LogP contribution in [0.25, 0.3) is 10.2 Å². The van der Waals surface area contributed by atoms with Crippen LogP contribution in [-0.2, 0) is 19.4 Å². The Labute approximate surface area is 115 Å². The van der Waals surface area contributed by atoms with E-state index in [9.17, 15) is 4.79 Å². The van der Waals surface area contributed by atoms with Crippen molar-refractivity contribution >= 4 is 33.2 Å². The highest BCUT2D eigenvalue weighted by Gasteiger charge is 2.12. The first-order valence-electron chi connectivity index (χ1n) is 6.29. The van der Waals surface area contributed by atoms with Crippen LogP contribution in [0.4, 0.5) is 0 Å². The molecule has 0 spiro atoms. The maximum atomic E-state index is 12.4. The van der Waals surface area contributed by atoms with E-state index in [1.54, 1.807) is 15.9 Å². The summed E-state index contributed by atoms with van der Waals surface area (Å²) in [6, 6.07) is 1.98. The zero-order valence-electron chi connectivity index (χ0n) is 10.7. The van der Waals surface area contributed by atoms with E-state index in [0.29, 0.717) is 18.8 Å². The highest BCUT2D eigenvalue weighted by molar-refractivity contribution is 7.18. The van der Waals surface area contributed by atoms with Gasteiger partial charge in [-0.05, 0) is 18.9 Å². The number of hydrogen-bond donors (Lipinski definition) is 0. The Morgan fingerprint density at radius 2 is 2.22 bits per heavy atom. The number of nitrogens with zero attached hydrogens (tertiary/aromatic N) is 2. The molecule has 18 heavy (non-hydrogen) atoms. The summed E-state index contributed by atoms with van der Waals surface area (Å²) in [6.07, 6.45) is 2.51. The lowest BCUT2D eigenvalue weighted by Gasteiger charge is -2.09. The summed E-state index contributed by atoms with van der Waals surface area (Å²) in [5, 5.41) is 0.753. The van der Waals surface area contributed by atoms with Crippen LogP contribution in [0.1, 0.15) is 31.0 Å². The molecule has 0 aliphatic heterocycles. The molecular formula is C13H17ClN2OS. The molecule has 2 aromatic rings. The molecule has 0 unspecified atom stereocenters. The first-order chi connectivity index (χ1) is 8.71. The van der Waals surface area contributed by atoms with Crippen LogP contribution >= 0.6 is 22.9 Å². The molecule has 0 fully saturated rings. The number of aromatic nitrogens is 2. The van der Waals surface area contributed by atoms with E-state index in [2.05, 4.69) is 18.8 Å². The molecule has 0 aliphatic carbocycles.